The van der Waals surface area contributed by atoms with Crippen molar-refractivity contribution >= 4 is 28.0 Å². The molecule has 0 aromatic carbocycles. The number of ether oxygens (including phenoxy) is 2. The Morgan fingerprint density at radius 2 is 2.10 bits per heavy atom. The van der Waals surface area contributed by atoms with Crippen LogP contribution in [0.5, 0.6) is 5.75 Å². The SMILES string of the molecule is COC(=O)c1sc(NC(C)CN2CCCC2)c(OC)c1N. The fourth-order valence-corrected chi connectivity index (χ4v) is 3.71. The van der Waals surface area contributed by atoms with Crippen LogP contribution in [0.1, 0.15) is 29.4 Å². The van der Waals surface area contributed by atoms with E-state index in [-0.39, 0.29) is 6.04 Å². The summed E-state index contributed by atoms with van der Waals surface area (Å²) in [5.74, 6) is 0.0877. The van der Waals surface area contributed by atoms with Crippen LogP contribution in [-0.4, -0.2) is 50.8 Å². The Bertz CT molecular complexity index is 498. The number of thiophene rings is 1. The van der Waals surface area contributed by atoms with Gasteiger partial charge in [-0.25, -0.2) is 4.79 Å². The van der Waals surface area contributed by atoms with Gasteiger partial charge >= 0.3 is 5.97 Å². The largest absolute Gasteiger partial charge is 0.492 e. The second kappa shape index (κ2) is 7.00. The van der Waals surface area contributed by atoms with Gasteiger partial charge in [0.05, 0.1) is 14.2 Å². The second-order valence-corrected chi connectivity index (χ2v) is 6.27. The summed E-state index contributed by atoms with van der Waals surface area (Å²) < 4.78 is 10.1. The maximum atomic E-state index is 11.7. The molecule has 1 saturated heterocycles. The molecule has 1 atom stereocenters. The number of carbonyl (C=O) groups is 1. The lowest BCUT2D eigenvalue weighted by atomic mass is 10.3. The number of nitrogens with one attached hydrogen (secondary N) is 1. The van der Waals surface area contributed by atoms with E-state index in [1.165, 1.54) is 31.3 Å². The predicted molar refractivity (Wildman–Crippen MR) is 85.4 cm³/mol. The van der Waals surface area contributed by atoms with Gasteiger partial charge in [-0.2, -0.15) is 0 Å². The first-order valence-corrected chi connectivity index (χ1v) is 7.92. The van der Waals surface area contributed by atoms with Crippen molar-refractivity contribution in [2.24, 2.45) is 0 Å². The summed E-state index contributed by atoms with van der Waals surface area (Å²) in [5, 5.41) is 4.17. The molecule has 0 spiro atoms. The highest BCUT2D eigenvalue weighted by Crippen LogP contribution is 2.43. The third-order valence-electron chi connectivity index (χ3n) is 3.58. The molecule has 21 heavy (non-hydrogen) atoms. The van der Waals surface area contributed by atoms with E-state index in [4.69, 9.17) is 15.2 Å². The molecule has 6 nitrogen and oxygen atoms in total. The molecule has 2 heterocycles. The van der Waals surface area contributed by atoms with Gasteiger partial charge in [-0.3, -0.25) is 0 Å². The molecule has 1 aromatic rings. The van der Waals surface area contributed by atoms with E-state index >= 15 is 0 Å². The molecular weight excluding hydrogens is 290 g/mol. The molecule has 1 aliphatic rings. The van der Waals surface area contributed by atoms with Crippen LogP contribution in [0.15, 0.2) is 0 Å². The first kappa shape index (κ1) is 15.9. The summed E-state index contributed by atoms with van der Waals surface area (Å²) in [6.45, 7) is 5.40. The second-order valence-electron chi connectivity index (χ2n) is 5.25. The Balaban J connectivity index is 2.09. The first-order valence-electron chi connectivity index (χ1n) is 7.10. The zero-order valence-electron chi connectivity index (χ0n) is 12.8. The van der Waals surface area contributed by atoms with Gasteiger partial charge in [0.1, 0.15) is 15.6 Å². The molecule has 1 aliphatic heterocycles. The standard InChI is InChI=1S/C14H23N3O3S/c1-9(8-17-6-4-5-7-17)16-13-11(19-2)10(15)12(21-13)14(18)20-3/h9,16H,4-8,15H2,1-3H3. The van der Waals surface area contributed by atoms with Crippen molar-refractivity contribution in [1.82, 2.24) is 4.90 Å². The van der Waals surface area contributed by atoms with Crippen LogP contribution in [0.3, 0.4) is 0 Å². The Hall–Kier alpha value is -1.47. The van der Waals surface area contributed by atoms with Gasteiger partial charge in [0.15, 0.2) is 5.75 Å². The van der Waals surface area contributed by atoms with Gasteiger partial charge in [0.25, 0.3) is 0 Å². The molecule has 1 aromatic heterocycles. The highest BCUT2D eigenvalue weighted by atomic mass is 32.1. The number of nitrogens with two attached hydrogens (primary N) is 1. The molecular formula is C14H23N3O3S. The van der Waals surface area contributed by atoms with Crippen LogP contribution in [0.25, 0.3) is 0 Å². The number of nitrogens with zero attached hydrogens (tertiary/aromatic N) is 1. The molecule has 1 fully saturated rings. The predicted octanol–water partition coefficient (Wildman–Crippen LogP) is 2.02. The molecule has 3 N–H and O–H groups in total. The van der Waals surface area contributed by atoms with Gasteiger partial charge in [0.2, 0.25) is 0 Å². The number of hydrogen-bond donors (Lipinski definition) is 2. The number of carbonyl (C=O) groups excluding carboxylic acids is 1. The lowest BCUT2D eigenvalue weighted by molar-refractivity contribution is 0.0607. The molecule has 0 aliphatic carbocycles. The summed E-state index contributed by atoms with van der Waals surface area (Å²) >= 11 is 1.28. The van der Waals surface area contributed by atoms with Crippen molar-refractivity contribution in [2.75, 3.05) is 44.9 Å². The Morgan fingerprint density at radius 3 is 2.67 bits per heavy atom. The van der Waals surface area contributed by atoms with E-state index in [0.29, 0.717) is 16.3 Å². The first-order chi connectivity index (χ1) is 10.1. The van der Waals surface area contributed by atoms with Crippen molar-refractivity contribution in [2.45, 2.75) is 25.8 Å². The number of esters is 1. The molecule has 118 valence electrons. The highest BCUT2D eigenvalue weighted by Gasteiger charge is 2.24. The minimum absolute atomic E-state index is 0.251. The monoisotopic (exact) mass is 313 g/mol. The van der Waals surface area contributed by atoms with Crippen LogP contribution in [0.4, 0.5) is 10.7 Å². The van der Waals surface area contributed by atoms with Crippen molar-refractivity contribution in [3.63, 3.8) is 0 Å². The minimum Gasteiger partial charge on any atom is -0.492 e. The van der Waals surface area contributed by atoms with Gasteiger partial charge in [-0.15, -0.1) is 11.3 Å². The van der Waals surface area contributed by atoms with Crippen molar-refractivity contribution < 1.29 is 14.3 Å². The van der Waals surface area contributed by atoms with E-state index < -0.39 is 5.97 Å². The van der Waals surface area contributed by atoms with Crippen LogP contribution in [0, 0.1) is 0 Å². The molecule has 7 heteroatoms. The van der Waals surface area contributed by atoms with Crippen LogP contribution < -0.4 is 15.8 Å². The topological polar surface area (TPSA) is 76.8 Å². The lowest BCUT2D eigenvalue weighted by Gasteiger charge is -2.21. The van der Waals surface area contributed by atoms with Crippen LogP contribution in [-0.2, 0) is 4.74 Å². The molecule has 0 saturated carbocycles. The maximum absolute atomic E-state index is 11.7. The Morgan fingerprint density at radius 1 is 1.43 bits per heavy atom. The third kappa shape index (κ3) is 3.59. The van der Waals surface area contributed by atoms with Gasteiger partial charge in [0, 0.05) is 12.6 Å². The van der Waals surface area contributed by atoms with Crippen molar-refractivity contribution in [3.8, 4) is 5.75 Å². The summed E-state index contributed by atoms with van der Waals surface area (Å²) in [5.41, 5.74) is 6.30. The van der Waals surface area contributed by atoms with Crippen molar-refractivity contribution in [3.05, 3.63) is 4.88 Å². The van der Waals surface area contributed by atoms with E-state index in [1.54, 1.807) is 7.11 Å². The zero-order chi connectivity index (χ0) is 15.4. The van der Waals surface area contributed by atoms with Crippen LogP contribution >= 0.6 is 11.3 Å². The number of hydrogen-bond acceptors (Lipinski definition) is 7. The van der Waals surface area contributed by atoms with E-state index in [1.807, 2.05) is 0 Å². The number of likely N-dealkylation sites (tertiary alicyclic amines) is 1. The molecule has 0 bridgehead atoms. The minimum atomic E-state index is -0.434. The molecule has 0 amide bonds. The smallest absolute Gasteiger partial charge is 0.350 e. The zero-order valence-corrected chi connectivity index (χ0v) is 13.6. The van der Waals surface area contributed by atoms with Crippen LogP contribution in [0.2, 0.25) is 0 Å². The van der Waals surface area contributed by atoms with Gasteiger partial charge in [-0.05, 0) is 32.9 Å². The fraction of sp³-hybridized carbons (Fsp3) is 0.643. The summed E-state index contributed by atoms with van der Waals surface area (Å²) in [7, 11) is 2.90. The fourth-order valence-electron chi connectivity index (χ4n) is 2.59. The Kier molecular flexibility index (Phi) is 5.30. The molecule has 1 unspecified atom stereocenters. The molecule has 0 radical (unpaired) electrons. The summed E-state index contributed by atoms with van der Waals surface area (Å²) in [6.07, 6.45) is 2.54. The quantitative estimate of drug-likeness (QED) is 0.783. The summed E-state index contributed by atoms with van der Waals surface area (Å²) in [6, 6.07) is 0.251. The average Bonchev–Trinajstić information content (AvgIpc) is 3.06. The average molecular weight is 313 g/mol. The Labute approximate surface area is 129 Å². The highest BCUT2D eigenvalue weighted by molar-refractivity contribution is 7.19. The number of anilines is 2. The van der Waals surface area contributed by atoms with E-state index in [0.717, 1.165) is 24.6 Å². The maximum Gasteiger partial charge on any atom is 0.350 e. The summed E-state index contributed by atoms with van der Waals surface area (Å²) in [4.78, 5) is 14.5. The van der Waals surface area contributed by atoms with Crippen molar-refractivity contribution in [1.29, 1.82) is 0 Å². The third-order valence-corrected chi connectivity index (χ3v) is 4.68. The number of nitrogen functional groups attached to an aromatic ring is 1. The normalized spacial score (nSPS) is 16.7. The van der Waals surface area contributed by atoms with Gasteiger partial charge in [-0.1, -0.05) is 0 Å². The van der Waals surface area contributed by atoms with E-state index in [2.05, 4.69) is 17.1 Å². The lowest BCUT2D eigenvalue weighted by Crippen LogP contribution is -2.32. The number of rotatable bonds is 6. The van der Waals surface area contributed by atoms with Gasteiger partial charge < -0.3 is 25.4 Å². The van der Waals surface area contributed by atoms with E-state index in [9.17, 15) is 4.79 Å². The number of methoxy groups -OCH3 is 2. The molecule has 2 rings (SSSR count).